The van der Waals surface area contributed by atoms with Crippen LogP contribution >= 0.6 is 0 Å². The molecule has 6 nitrogen and oxygen atoms in total. The number of benzene rings is 2. The number of hydrogen-bond donors (Lipinski definition) is 2. The number of ketones is 1. The van der Waals surface area contributed by atoms with E-state index in [2.05, 4.69) is 10.0 Å². The molecule has 0 bridgehead atoms. The first-order chi connectivity index (χ1) is 11.8. The van der Waals surface area contributed by atoms with E-state index in [0.717, 1.165) is 6.42 Å². The van der Waals surface area contributed by atoms with Crippen LogP contribution in [0.4, 0.5) is 5.69 Å². The Kier molecular flexibility index (Phi) is 5.93. The molecule has 0 unspecified atom stereocenters. The normalized spacial score (nSPS) is 11.0. The minimum absolute atomic E-state index is 0.0233. The average Bonchev–Trinajstić information content (AvgIpc) is 2.59. The Hall–Kier alpha value is -2.67. The van der Waals surface area contributed by atoms with Gasteiger partial charge in [-0.25, -0.2) is 8.42 Å². The Morgan fingerprint density at radius 1 is 1.00 bits per heavy atom. The van der Waals surface area contributed by atoms with Crippen LogP contribution in [0.15, 0.2) is 53.4 Å². The van der Waals surface area contributed by atoms with Crippen molar-refractivity contribution in [2.24, 2.45) is 0 Å². The van der Waals surface area contributed by atoms with Crippen molar-refractivity contribution in [3.63, 3.8) is 0 Å². The van der Waals surface area contributed by atoms with Crippen LogP contribution in [-0.4, -0.2) is 26.7 Å². The van der Waals surface area contributed by atoms with Crippen molar-refractivity contribution in [3.05, 3.63) is 59.7 Å². The second kappa shape index (κ2) is 7.94. The maximum absolute atomic E-state index is 12.5. The third-order valence-corrected chi connectivity index (χ3v) is 4.84. The standard InChI is InChI=1S/C18H20N2O4S/c1-3-10-19-18(22)15-7-5-9-17(12-15)25(23,24)20-16-8-4-6-14(11-16)13(2)21/h4-9,11-12,20H,3,10H2,1-2H3,(H,19,22). The van der Waals surface area contributed by atoms with Crippen molar-refractivity contribution in [2.45, 2.75) is 25.2 Å². The first-order valence-corrected chi connectivity index (χ1v) is 9.34. The highest BCUT2D eigenvalue weighted by atomic mass is 32.2. The highest BCUT2D eigenvalue weighted by molar-refractivity contribution is 7.92. The van der Waals surface area contributed by atoms with Crippen LogP contribution < -0.4 is 10.0 Å². The molecule has 0 saturated carbocycles. The topological polar surface area (TPSA) is 92.3 Å². The number of carbonyl (C=O) groups is 2. The largest absolute Gasteiger partial charge is 0.352 e. The van der Waals surface area contributed by atoms with Gasteiger partial charge in [-0.2, -0.15) is 0 Å². The monoisotopic (exact) mass is 360 g/mol. The van der Waals surface area contributed by atoms with E-state index in [-0.39, 0.29) is 27.8 Å². The van der Waals surface area contributed by atoms with Gasteiger partial charge in [0.2, 0.25) is 0 Å². The summed E-state index contributed by atoms with van der Waals surface area (Å²) in [4.78, 5) is 23.4. The van der Waals surface area contributed by atoms with Crippen molar-refractivity contribution < 1.29 is 18.0 Å². The van der Waals surface area contributed by atoms with Crippen LogP contribution in [0.1, 0.15) is 41.0 Å². The van der Waals surface area contributed by atoms with Gasteiger partial charge in [-0.3, -0.25) is 14.3 Å². The molecular formula is C18H20N2O4S. The fourth-order valence-corrected chi connectivity index (χ4v) is 3.26. The second-order valence-corrected chi connectivity index (χ2v) is 7.21. The molecule has 0 spiro atoms. The van der Waals surface area contributed by atoms with Crippen LogP contribution in [0.2, 0.25) is 0 Å². The van der Waals surface area contributed by atoms with Crippen molar-refractivity contribution in [2.75, 3.05) is 11.3 Å². The molecule has 132 valence electrons. The van der Waals surface area contributed by atoms with E-state index in [1.807, 2.05) is 6.92 Å². The molecule has 0 heterocycles. The average molecular weight is 360 g/mol. The first-order valence-electron chi connectivity index (χ1n) is 7.85. The lowest BCUT2D eigenvalue weighted by atomic mass is 10.1. The van der Waals surface area contributed by atoms with E-state index in [9.17, 15) is 18.0 Å². The molecule has 0 aliphatic rings. The van der Waals surface area contributed by atoms with Crippen LogP contribution in [-0.2, 0) is 10.0 Å². The fraction of sp³-hybridized carbons (Fsp3) is 0.222. The van der Waals surface area contributed by atoms with Crippen molar-refractivity contribution >= 4 is 27.4 Å². The molecule has 0 fully saturated rings. The van der Waals surface area contributed by atoms with E-state index >= 15 is 0 Å². The Morgan fingerprint density at radius 3 is 2.36 bits per heavy atom. The summed E-state index contributed by atoms with van der Waals surface area (Å²) in [6, 6.07) is 12.0. The molecule has 1 amide bonds. The Balaban J connectivity index is 2.26. The molecule has 0 saturated heterocycles. The van der Waals surface area contributed by atoms with Gasteiger partial charge in [-0.15, -0.1) is 0 Å². The predicted octanol–water partition coefficient (Wildman–Crippen LogP) is 2.83. The molecular weight excluding hydrogens is 340 g/mol. The number of hydrogen-bond acceptors (Lipinski definition) is 4. The van der Waals surface area contributed by atoms with E-state index in [1.165, 1.54) is 31.2 Å². The van der Waals surface area contributed by atoms with Gasteiger partial charge in [0.05, 0.1) is 4.90 Å². The molecule has 7 heteroatoms. The smallest absolute Gasteiger partial charge is 0.261 e. The molecule has 2 aromatic carbocycles. The third kappa shape index (κ3) is 4.90. The number of rotatable bonds is 7. The predicted molar refractivity (Wildman–Crippen MR) is 96.3 cm³/mol. The Bertz CT molecular complexity index is 891. The molecule has 0 aliphatic carbocycles. The van der Waals surface area contributed by atoms with Gasteiger partial charge in [0.15, 0.2) is 5.78 Å². The SMILES string of the molecule is CCCNC(=O)c1cccc(S(=O)(=O)Nc2cccc(C(C)=O)c2)c1. The van der Waals surface area contributed by atoms with Gasteiger partial charge in [0.1, 0.15) is 0 Å². The number of carbonyl (C=O) groups excluding carboxylic acids is 2. The van der Waals surface area contributed by atoms with Crippen LogP contribution in [0.25, 0.3) is 0 Å². The van der Waals surface area contributed by atoms with Gasteiger partial charge in [0, 0.05) is 23.4 Å². The Labute approximate surface area is 147 Å². The van der Waals surface area contributed by atoms with Gasteiger partial charge in [-0.1, -0.05) is 25.1 Å². The molecule has 2 rings (SSSR count). The van der Waals surface area contributed by atoms with Crippen molar-refractivity contribution in [1.82, 2.24) is 5.32 Å². The van der Waals surface area contributed by atoms with E-state index in [4.69, 9.17) is 0 Å². The zero-order valence-corrected chi connectivity index (χ0v) is 14.9. The molecule has 0 aromatic heterocycles. The third-order valence-electron chi connectivity index (χ3n) is 3.46. The zero-order chi connectivity index (χ0) is 18.4. The maximum atomic E-state index is 12.5. The lowest BCUT2D eigenvalue weighted by Crippen LogP contribution is -2.24. The molecule has 0 aliphatic heterocycles. The van der Waals surface area contributed by atoms with Crippen molar-refractivity contribution in [3.8, 4) is 0 Å². The number of Topliss-reactive ketones (excluding diaryl/α,β-unsaturated/α-hetero) is 1. The van der Waals surface area contributed by atoms with Crippen LogP contribution in [0, 0.1) is 0 Å². The van der Waals surface area contributed by atoms with E-state index in [0.29, 0.717) is 12.1 Å². The highest BCUT2D eigenvalue weighted by Gasteiger charge is 2.17. The summed E-state index contributed by atoms with van der Waals surface area (Å²) in [5.41, 5.74) is 0.968. The lowest BCUT2D eigenvalue weighted by Gasteiger charge is -2.10. The number of anilines is 1. The minimum atomic E-state index is -3.87. The van der Waals surface area contributed by atoms with Gasteiger partial charge < -0.3 is 5.32 Å². The number of nitrogens with one attached hydrogen (secondary N) is 2. The van der Waals surface area contributed by atoms with Gasteiger partial charge >= 0.3 is 0 Å². The number of sulfonamides is 1. The summed E-state index contributed by atoms with van der Waals surface area (Å²) in [7, 11) is -3.87. The molecule has 2 N–H and O–H groups in total. The summed E-state index contributed by atoms with van der Waals surface area (Å²) in [6.45, 7) is 3.86. The van der Waals surface area contributed by atoms with Crippen molar-refractivity contribution in [1.29, 1.82) is 0 Å². The van der Waals surface area contributed by atoms with Crippen LogP contribution in [0.3, 0.4) is 0 Å². The summed E-state index contributed by atoms with van der Waals surface area (Å²) in [5.74, 6) is -0.479. The highest BCUT2D eigenvalue weighted by Crippen LogP contribution is 2.18. The zero-order valence-electron chi connectivity index (χ0n) is 14.1. The van der Waals surface area contributed by atoms with E-state index in [1.54, 1.807) is 24.3 Å². The summed E-state index contributed by atoms with van der Waals surface area (Å²) < 4.78 is 27.5. The summed E-state index contributed by atoms with van der Waals surface area (Å²) >= 11 is 0. The summed E-state index contributed by atoms with van der Waals surface area (Å²) in [6.07, 6.45) is 0.789. The molecule has 0 atom stereocenters. The Morgan fingerprint density at radius 2 is 1.68 bits per heavy atom. The molecule has 2 aromatic rings. The van der Waals surface area contributed by atoms with Gasteiger partial charge in [-0.05, 0) is 43.7 Å². The molecule has 0 radical (unpaired) electrons. The second-order valence-electron chi connectivity index (χ2n) is 5.53. The molecule has 25 heavy (non-hydrogen) atoms. The van der Waals surface area contributed by atoms with Crippen LogP contribution in [0.5, 0.6) is 0 Å². The first kappa shape index (κ1) is 18.7. The minimum Gasteiger partial charge on any atom is -0.352 e. The van der Waals surface area contributed by atoms with E-state index < -0.39 is 10.0 Å². The lowest BCUT2D eigenvalue weighted by molar-refractivity contribution is 0.0952. The van der Waals surface area contributed by atoms with Gasteiger partial charge in [0.25, 0.3) is 15.9 Å². The maximum Gasteiger partial charge on any atom is 0.261 e. The summed E-state index contributed by atoms with van der Waals surface area (Å²) in [5, 5.41) is 2.71. The number of amides is 1. The quantitative estimate of drug-likeness (QED) is 0.743. The fourth-order valence-electron chi connectivity index (χ4n) is 2.16.